The topological polar surface area (TPSA) is 237 Å². The first-order chi connectivity index (χ1) is 49.7. The highest BCUT2D eigenvalue weighted by molar-refractivity contribution is 7.47. The monoisotopic (exact) mass is 1510 g/mol. The third-order valence-electron chi connectivity index (χ3n) is 19.6. The standard InChI is InChI=1S/C84H164O17P2/c1-8-9-10-11-12-13-14-15-16-17-18-19-20-21-22-23-26-33-38-45-53-60-67-83(88)100-79(71-94-81(86)65-58-51-44-37-32-27-24-25-30-35-41-48-55-62-75(2)3)73-98-102(90,91)96-69-78(85)70-97-103(92,93)99-74-80(72-95-82(87)66-59-52-47-40-43-50-57-64-77(6)7)101-84(89)68-61-54-46-39-34-29-28-31-36-42-49-56-63-76(4)5/h75-80,85H,8-74H2,1-7H3,(H,90,91)(H,92,93)/t78-,79-,80-/m1/s1. The maximum Gasteiger partial charge on any atom is 0.472 e. The molecule has 0 saturated heterocycles. The van der Waals surface area contributed by atoms with Crippen LogP contribution in [0.25, 0.3) is 0 Å². The van der Waals surface area contributed by atoms with Gasteiger partial charge in [0.25, 0.3) is 0 Å². The van der Waals surface area contributed by atoms with Gasteiger partial charge in [-0.15, -0.1) is 0 Å². The highest BCUT2D eigenvalue weighted by Gasteiger charge is 2.30. The fraction of sp³-hybridized carbons (Fsp3) is 0.952. The summed E-state index contributed by atoms with van der Waals surface area (Å²) in [7, 11) is -9.92. The molecule has 2 unspecified atom stereocenters. The Morgan fingerprint density at radius 2 is 0.447 bits per heavy atom. The summed E-state index contributed by atoms with van der Waals surface area (Å²) in [6.07, 6.45) is 64.0. The van der Waals surface area contributed by atoms with E-state index in [2.05, 4.69) is 48.5 Å². The van der Waals surface area contributed by atoms with E-state index in [1.807, 2.05) is 0 Å². The number of aliphatic hydroxyl groups is 1. The number of aliphatic hydroxyl groups excluding tert-OH is 1. The number of hydrogen-bond acceptors (Lipinski definition) is 15. The van der Waals surface area contributed by atoms with E-state index in [0.717, 1.165) is 108 Å². The third-order valence-corrected chi connectivity index (χ3v) is 21.5. The molecule has 0 radical (unpaired) electrons. The zero-order valence-electron chi connectivity index (χ0n) is 67.8. The largest absolute Gasteiger partial charge is 0.472 e. The summed E-state index contributed by atoms with van der Waals surface area (Å²) in [5, 5.41) is 10.7. The van der Waals surface area contributed by atoms with Gasteiger partial charge in [-0.2, -0.15) is 0 Å². The molecule has 17 nitrogen and oxygen atoms in total. The van der Waals surface area contributed by atoms with E-state index in [-0.39, 0.29) is 25.7 Å². The first-order valence-corrected chi connectivity index (χ1v) is 46.3. The van der Waals surface area contributed by atoms with Crippen LogP contribution in [-0.2, 0) is 65.4 Å². The van der Waals surface area contributed by atoms with Crippen molar-refractivity contribution < 1.29 is 80.2 Å². The van der Waals surface area contributed by atoms with E-state index in [1.165, 1.54) is 244 Å². The van der Waals surface area contributed by atoms with E-state index in [1.54, 1.807) is 0 Å². The molecule has 612 valence electrons. The van der Waals surface area contributed by atoms with Crippen LogP contribution in [-0.4, -0.2) is 96.7 Å². The van der Waals surface area contributed by atoms with Crippen LogP contribution in [0.15, 0.2) is 0 Å². The van der Waals surface area contributed by atoms with Crippen LogP contribution in [0, 0.1) is 17.8 Å². The fourth-order valence-corrected chi connectivity index (χ4v) is 14.6. The van der Waals surface area contributed by atoms with Crippen LogP contribution < -0.4 is 0 Å². The number of hydrogen-bond donors (Lipinski definition) is 3. The Morgan fingerprint density at radius 1 is 0.262 bits per heavy atom. The number of esters is 4. The summed E-state index contributed by atoms with van der Waals surface area (Å²) in [6.45, 7) is 11.9. The highest BCUT2D eigenvalue weighted by Crippen LogP contribution is 2.45. The van der Waals surface area contributed by atoms with Gasteiger partial charge in [-0.05, 0) is 43.4 Å². The van der Waals surface area contributed by atoms with Crippen molar-refractivity contribution in [1.29, 1.82) is 0 Å². The number of phosphoric ester groups is 2. The van der Waals surface area contributed by atoms with Crippen molar-refractivity contribution in [1.82, 2.24) is 0 Å². The normalized spacial score (nSPS) is 13.9. The number of unbranched alkanes of at least 4 members (excludes halogenated alkanes) is 50. The zero-order chi connectivity index (χ0) is 75.8. The average Bonchev–Trinajstić information content (AvgIpc) is 0.913. The van der Waals surface area contributed by atoms with Crippen LogP contribution in [0.5, 0.6) is 0 Å². The second-order valence-electron chi connectivity index (χ2n) is 31.6. The Hall–Kier alpha value is -1.94. The van der Waals surface area contributed by atoms with Gasteiger partial charge >= 0.3 is 39.5 Å². The molecule has 0 aromatic rings. The van der Waals surface area contributed by atoms with E-state index < -0.39 is 97.5 Å². The molecule has 0 fully saturated rings. The Kier molecular flexibility index (Phi) is 72.8. The van der Waals surface area contributed by atoms with Crippen LogP contribution >= 0.6 is 15.6 Å². The average molecular weight is 1510 g/mol. The molecule has 0 aromatic heterocycles. The molecule has 5 atom stereocenters. The molecule has 0 aliphatic heterocycles. The van der Waals surface area contributed by atoms with Gasteiger partial charge < -0.3 is 33.8 Å². The van der Waals surface area contributed by atoms with Crippen molar-refractivity contribution in [2.45, 2.75) is 458 Å². The Bertz CT molecular complexity index is 1990. The Labute approximate surface area is 632 Å². The first kappa shape index (κ1) is 101. The quantitative estimate of drug-likeness (QED) is 0.0222. The number of ether oxygens (including phenoxy) is 4. The number of phosphoric acid groups is 2. The van der Waals surface area contributed by atoms with E-state index in [9.17, 15) is 43.2 Å². The van der Waals surface area contributed by atoms with Crippen molar-refractivity contribution >= 4 is 39.5 Å². The van der Waals surface area contributed by atoms with Gasteiger partial charge in [0.2, 0.25) is 0 Å². The summed E-state index contributed by atoms with van der Waals surface area (Å²) in [4.78, 5) is 73.1. The summed E-state index contributed by atoms with van der Waals surface area (Å²) >= 11 is 0. The molecule has 0 amide bonds. The Morgan fingerprint density at radius 3 is 0.660 bits per heavy atom. The molecule has 0 aliphatic rings. The number of rotatable bonds is 82. The van der Waals surface area contributed by atoms with Gasteiger partial charge in [-0.1, -0.05) is 389 Å². The minimum atomic E-state index is -4.96. The lowest BCUT2D eigenvalue weighted by atomic mass is 10.0. The van der Waals surface area contributed by atoms with Crippen molar-refractivity contribution in [3.8, 4) is 0 Å². The molecular formula is C84H164O17P2. The van der Waals surface area contributed by atoms with Crippen molar-refractivity contribution in [2.75, 3.05) is 39.6 Å². The predicted molar refractivity (Wildman–Crippen MR) is 423 cm³/mol. The maximum atomic E-state index is 13.1. The number of carbonyl (C=O) groups excluding carboxylic acids is 4. The van der Waals surface area contributed by atoms with Crippen LogP contribution in [0.2, 0.25) is 0 Å². The predicted octanol–water partition coefficient (Wildman–Crippen LogP) is 25.3. The fourth-order valence-electron chi connectivity index (χ4n) is 13.0. The van der Waals surface area contributed by atoms with E-state index in [0.29, 0.717) is 31.6 Å². The van der Waals surface area contributed by atoms with Crippen molar-refractivity contribution in [3.05, 3.63) is 0 Å². The Balaban J connectivity index is 5.22. The summed E-state index contributed by atoms with van der Waals surface area (Å²) in [6, 6.07) is 0. The molecule has 19 heteroatoms. The lowest BCUT2D eigenvalue weighted by Gasteiger charge is -2.21. The second-order valence-corrected chi connectivity index (χ2v) is 34.6. The van der Waals surface area contributed by atoms with Gasteiger partial charge in [-0.25, -0.2) is 9.13 Å². The number of carbonyl (C=O) groups is 4. The van der Waals surface area contributed by atoms with Gasteiger partial charge in [0.15, 0.2) is 12.2 Å². The van der Waals surface area contributed by atoms with Gasteiger partial charge in [0.05, 0.1) is 26.4 Å². The minimum absolute atomic E-state index is 0.106. The lowest BCUT2D eigenvalue weighted by molar-refractivity contribution is -0.161. The van der Waals surface area contributed by atoms with Crippen molar-refractivity contribution in [2.24, 2.45) is 17.8 Å². The van der Waals surface area contributed by atoms with Gasteiger partial charge in [-0.3, -0.25) is 37.3 Å². The summed E-state index contributed by atoms with van der Waals surface area (Å²) < 4.78 is 68.8. The minimum Gasteiger partial charge on any atom is -0.462 e. The second kappa shape index (κ2) is 74.2. The zero-order valence-corrected chi connectivity index (χ0v) is 69.6. The molecule has 0 bridgehead atoms. The van der Waals surface area contributed by atoms with Crippen LogP contribution in [0.1, 0.15) is 440 Å². The molecule has 0 aromatic carbocycles. The lowest BCUT2D eigenvalue weighted by Crippen LogP contribution is -2.30. The summed E-state index contributed by atoms with van der Waals surface area (Å²) in [5.41, 5.74) is 0. The summed E-state index contributed by atoms with van der Waals surface area (Å²) in [5.74, 6) is 0.163. The smallest absolute Gasteiger partial charge is 0.462 e. The molecule has 0 aliphatic carbocycles. The van der Waals surface area contributed by atoms with Gasteiger partial charge in [0, 0.05) is 25.7 Å². The molecule has 3 N–H and O–H groups in total. The van der Waals surface area contributed by atoms with Crippen LogP contribution in [0.3, 0.4) is 0 Å². The molecule has 0 rings (SSSR count). The van der Waals surface area contributed by atoms with Crippen LogP contribution in [0.4, 0.5) is 0 Å². The van der Waals surface area contributed by atoms with E-state index in [4.69, 9.17) is 37.0 Å². The maximum absolute atomic E-state index is 13.1. The molecule has 103 heavy (non-hydrogen) atoms. The molecule has 0 heterocycles. The molecule has 0 saturated carbocycles. The SMILES string of the molecule is CCCCCCCCCCCCCCCCCCCCCCCCC(=O)O[C@H](COC(=O)CCCCCCCCCCCCCCCC(C)C)COP(=O)(O)OC[C@@H](O)COP(=O)(O)OC[C@@H](COC(=O)CCCCCCCCCC(C)C)OC(=O)CCCCCCCCCCCCCCC(C)C. The van der Waals surface area contributed by atoms with Gasteiger partial charge in [0.1, 0.15) is 19.3 Å². The van der Waals surface area contributed by atoms with Crippen molar-refractivity contribution in [3.63, 3.8) is 0 Å². The first-order valence-electron chi connectivity index (χ1n) is 43.3. The highest BCUT2D eigenvalue weighted by atomic mass is 31.2. The third kappa shape index (κ3) is 78.0. The van der Waals surface area contributed by atoms with E-state index >= 15 is 0 Å². The molecular weight excluding hydrogens is 1340 g/mol. The molecule has 0 spiro atoms.